The minimum absolute atomic E-state index is 0.166. The number of hydrogen-bond donors (Lipinski definition) is 0. The summed E-state index contributed by atoms with van der Waals surface area (Å²) in [5, 5.41) is 4.04. The van der Waals surface area contributed by atoms with Crippen LogP contribution in [0.3, 0.4) is 0 Å². The SMILES string of the molecule is CCN(CC)C(=O)N1CCCN(Cc2cc(C)on2)CC1. The van der Waals surface area contributed by atoms with Crippen molar-refractivity contribution in [1.82, 2.24) is 19.9 Å². The van der Waals surface area contributed by atoms with E-state index in [-0.39, 0.29) is 6.03 Å². The van der Waals surface area contributed by atoms with Crippen molar-refractivity contribution in [2.45, 2.75) is 33.7 Å². The van der Waals surface area contributed by atoms with Crippen molar-refractivity contribution >= 4 is 6.03 Å². The second kappa shape index (κ2) is 7.45. The molecule has 0 saturated carbocycles. The molecule has 0 bridgehead atoms. The van der Waals surface area contributed by atoms with Crippen LogP contribution >= 0.6 is 0 Å². The number of carbonyl (C=O) groups excluding carboxylic acids is 1. The molecule has 0 spiro atoms. The maximum Gasteiger partial charge on any atom is 0.320 e. The van der Waals surface area contributed by atoms with Gasteiger partial charge in [0.25, 0.3) is 0 Å². The highest BCUT2D eigenvalue weighted by Gasteiger charge is 2.22. The minimum atomic E-state index is 0.166. The number of rotatable bonds is 4. The van der Waals surface area contributed by atoms with Gasteiger partial charge < -0.3 is 14.3 Å². The highest BCUT2D eigenvalue weighted by molar-refractivity contribution is 5.74. The van der Waals surface area contributed by atoms with E-state index in [0.29, 0.717) is 0 Å². The zero-order valence-electron chi connectivity index (χ0n) is 13.3. The van der Waals surface area contributed by atoms with Crippen LogP contribution in [0.4, 0.5) is 4.79 Å². The van der Waals surface area contributed by atoms with Crippen LogP contribution in [0.2, 0.25) is 0 Å². The topological polar surface area (TPSA) is 52.8 Å². The Bertz CT molecular complexity index is 456. The Morgan fingerprint density at radius 2 is 2.05 bits per heavy atom. The largest absolute Gasteiger partial charge is 0.361 e. The number of aryl methyl sites for hydroxylation is 1. The van der Waals surface area contributed by atoms with Gasteiger partial charge >= 0.3 is 6.03 Å². The first-order chi connectivity index (χ1) is 10.1. The highest BCUT2D eigenvalue weighted by atomic mass is 16.5. The zero-order chi connectivity index (χ0) is 15.2. The summed E-state index contributed by atoms with van der Waals surface area (Å²) >= 11 is 0. The molecule has 1 aromatic heterocycles. The van der Waals surface area contributed by atoms with Crippen molar-refractivity contribution in [1.29, 1.82) is 0 Å². The Hall–Kier alpha value is -1.56. The Kier molecular flexibility index (Phi) is 5.61. The second-order valence-corrected chi connectivity index (χ2v) is 5.50. The molecule has 1 saturated heterocycles. The van der Waals surface area contributed by atoms with Crippen LogP contribution in [0.15, 0.2) is 10.6 Å². The molecular formula is C15H26N4O2. The lowest BCUT2D eigenvalue weighted by atomic mass is 10.3. The zero-order valence-corrected chi connectivity index (χ0v) is 13.3. The third kappa shape index (κ3) is 4.20. The monoisotopic (exact) mass is 294 g/mol. The normalized spacial score (nSPS) is 16.8. The van der Waals surface area contributed by atoms with E-state index >= 15 is 0 Å². The van der Waals surface area contributed by atoms with Gasteiger partial charge in [0.15, 0.2) is 0 Å². The lowest BCUT2D eigenvalue weighted by Crippen LogP contribution is -2.44. The molecule has 0 aliphatic carbocycles. The summed E-state index contributed by atoms with van der Waals surface area (Å²) in [5.74, 6) is 0.846. The summed E-state index contributed by atoms with van der Waals surface area (Å²) in [6.45, 7) is 11.8. The van der Waals surface area contributed by atoms with E-state index in [1.54, 1.807) is 0 Å². The van der Waals surface area contributed by atoms with Crippen molar-refractivity contribution in [3.63, 3.8) is 0 Å². The summed E-state index contributed by atoms with van der Waals surface area (Å²) in [6.07, 6.45) is 1.00. The van der Waals surface area contributed by atoms with Gasteiger partial charge in [-0.25, -0.2) is 4.79 Å². The fraction of sp³-hybridized carbons (Fsp3) is 0.733. The van der Waals surface area contributed by atoms with Crippen LogP contribution in [-0.2, 0) is 6.54 Å². The molecule has 1 aromatic rings. The van der Waals surface area contributed by atoms with Gasteiger partial charge in [-0.05, 0) is 27.2 Å². The number of aromatic nitrogens is 1. The standard InChI is InChI=1S/C15H26N4O2/c1-4-18(5-2)15(20)19-8-6-7-17(9-10-19)12-14-11-13(3)21-16-14/h11H,4-10,12H2,1-3H3. The predicted molar refractivity (Wildman–Crippen MR) is 81.0 cm³/mol. The average Bonchev–Trinajstić information content (AvgIpc) is 2.74. The van der Waals surface area contributed by atoms with Gasteiger partial charge in [-0.1, -0.05) is 5.16 Å². The molecule has 0 N–H and O–H groups in total. The highest BCUT2D eigenvalue weighted by Crippen LogP contribution is 2.11. The molecule has 118 valence electrons. The minimum Gasteiger partial charge on any atom is -0.361 e. The fourth-order valence-corrected chi connectivity index (χ4v) is 2.74. The molecule has 0 aromatic carbocycles. The van der Waals surface area contributed by atoms with Gasteiger partial charge in [0.2, 0.25) is 0 Å². The molecule has 2 amide bonds. The van der Waals surface area contributed by atoms with Crippen LogP contribution in [0.5, 0.6) is 0 Å². The predicted octanol–water partition coefficient (Wildman–Crippen LogP) is 1.95. The Morgan fingerprint density at radius 1 is 1.29 bits per heavy atom. The van der Waals surface area contributed by atoms with Crippen LogP contribution in [0.1, 0.15) is 31.7 Å². The van der Waals surface area contributed by atoms with Crippen LogP contribution < -0.4 is 0 Å². The quantitative estimate of drug-likeness (QED) is 0.852. The van der Waals surface area contributed by atoms with Crippen molar-refractivity contribution in [2.75, 3.05) is 39.3 Å². The molecule has 2 heterocycles. The lowest BCUT2D eigenvalue weighted by Gasteiger charge is -2.28. The van der Waals surface area contributed by atoms with Gasteiger partial charge in [-0.3, -0.25) is 4.90 Å². The van der Waals surface area contributed by atoms with Crippen molar-refractivity contribution < 1.29 is 9.32 Å². The number of amides is 2. The molecule has 0 atom stereocenters. The van der Waals surface area contributed by atoms with Crippen LogP contribution in [0, 0.1) is 6.92 Å². The number of urea groups is 1. The molecule has 1 aliphatic heterocycles. The Labute approximate surface area is 126 Å². The molecule has 21 heavy (non-hydrogen) atoms. The molecule has 2 rings (SSSR count). The van der Waals surface area contributed by atoms with Gasteiger partial charge in [0.1, 0.15) is 5.76 Å². The van der Waals surface area contributed by atoms with E-state index in [1.165, 1.54) is 0 Å². The maximum atomic E-state index is 12.4. The van der Waals surface area contributed by atoms with E-state index in [1.807, 2.05) is 36.6 Å². The molecular weight excluding hydrogens is 268 g/mol. The number of hydrogen-bond acceptors (Lipinski definition) is 4. The average molecular weight is 294 g/mol. The van der Waals surface area contributed by atoms with E-state index in [4.69, 9.17) is 4.52 Å². The molecule has 1 aliphatic rings. The third-order valence-corrected chi connectivity index (χ3v) is 3.96. The summed E-state index contributed by atoms with van der Waals surface area (Å²) in [6, 6.07) is 2.14. The van der Waals surface area contributed by atoms with Crippen LogP contribution in [-0.4, -0.2) is 65.2 Å². The molecule has 6 heteroatoms. The Morgan fingerprint density at radius 3 is 2.67 bits per heavy atom. The molecule has 1 fully saturated rings. The first-order valence-electron chi connectivity index (χ1n) is 7.82. The molecule has 0 unspecified atom stereocenters. The first kappa shape index (κ1) is 15.8. The van der Waals surface area contributed by atoms with Crippen molar-refractivity contribution in [2.24, 2.45) is 0 Å². The Balaban J connectivity index is 1.88. The van der Waals surface area contributed by atoms with Gasteiger partial charge in [0.05, 0.1) is 5.69 Å². The van der Waals surface area contributed by atoms with Gasteiger partial charge in [0, 0.05) is 51.9 Å². The third-order valence-electron chi connectivity index (χ3n) is 3.96. The fourth-order valence-electron chi connectivity index (χ4n) is 2.74. The van der Waals surface area contributed by atoms with E-state index in [2.05, 4.69) is 10.1 Å². The molecule has 6 nitrogen and oxygen atoms in total. The van der Waals surface area contributed by atoms with Gasteiger partial charge in [-0.2, -0.15) is 0 Å². The van der Waals surface area contributed by atoms with E-state index in [0.717, 1.165) is 63.7 Å². The molecule has 0 radical (unpaired) electrons. The van der Waals surface area contributed by atoms with E-state index in [9.17, 15) is 4.79 Å². The number of carbonyl (C=O) groups is 1. The second-order valence-electron chi connectivity index (χ2n) is 5.50. The first-order valence-corrected chi connectivity index (χ1v) is 7.82. The van der Waals surface area contributed by atoms with Crippen LogP contribution in [0.25, 0.3) is 0 Å². The van der Waals surface area contributed by atoms with E-state index < -0.39 is 0 Å². The lowest BCUT2D eigenvalue weighted by molar-refractivity contribution is 0.158. The van der Waals surface area contributed by atoms with Crippen molar-refractivity contribution in [3.8, 4) is 0 Å². The van der Waals surface area contributed by atoms with Crippen molar-refractivity contribution in [3.05, 3.63) is 17.5 Å². The maximum absolute atomic E-state index is 12.4. The summed E-state index contributed by atoms with van der Waals surface area (Å²) < 4.78 is 5.11. The summed E-state index contributed by atoms with van der Waals surface area (Å²) in [7, 11) is 0. The number of nitrogens with zero attached hydrogens (tertiary/aromatic N) is 4. The summed E-state index contributed by atoms with van der Waals surface area (Å²) in [4.78, 5) is 18.6. The smallest absolute Gasteiger partial charge is 0.320 e. The summed E-state index contributed by atoms with van der Waals surface area (Å²) in [5.41, 5.74) is 0.969. The van der Waals surface area contributed by atoms with Gasteiger partial charge in [-0.15, -0.1) is 0 Å².